The molecule has 0 bridgehead atoms. The van der Waals surface area contributed by atoms with Crippen LogP contribution in [0.15, 0.2) is 28.9 Å². The number of hydrogen-bond donors (Lipinski definition) is 0. The molecule has 2 aliphatic rings. The van der Waals surface area contributed by atoms with E-state index < -0.39 is 0 Å². The van der Waals surface area contributed by atoms with Gasteiger partial charge in [0, 0.05) is 24.3 Å². The summed E-state index contributed by atoms with van der Waals surface area (Å²) in [6.07, 6.45) is 18.3. The molecule has 114 valence electrons. The normalized spacial score (nSPS) is 25.3. The van der Waals surface area contributed by atoms with Crippen LogP contribution in [0.2, 0.25) is 0 Å². The fraction of sp³-hybridized carbons (Fsp3) is 0.737. The van der Waals surface area contributed by atoms with Crippen LogP contribution in [0.1, 0.15) is 72.6 Å². The van der Waals surface area contributed by atoms with E-state index in [0.717, 1.165) is 24.2 Å². The van der Waals surface area contributed by atoms with Gasteiger partial charge in [-0.25, -0.2) is 0 Å². The van der Waals surface area contributed by atoms with Crippen LogP contribution >= 0.6 is 0 Å². The van der Waals surface area contributed by atoms with Crippen molar-refractivity contribution in [1.82, 2.24) is 0 Å². The van der Waals surface area contributed by atoms with Crippen molar-refractivity contribution in [3.8, 4) is 0 Å². The molecule has 0 aromatic carbocycles. The van der Waals surface area contributed by atoms with Crippen molar-refractivity contribution in [2.75, 3.05) is 0 Å². The highest BCUT2D eigenvalue weighted by Gasteiger charge is 2.38. The molecule has 1 saturated carbocycles. The lowest BCUT2D eigenvalue weighted by molar-refractivity contribution is 0.435. The van der Waals surface area contributed by atoms with Crippen molar-refractivity contribution in [2.24, 2.45) is 22.7 Å². The molecule has 1 heterocycles. The molecule has 1 fully saturated rings. The molecule has 0 saturated heterocycles. The van der Waals surface area contributed by atoms with E-state index in [9.17, 15) is 0 Å². The maximum absolute atomic E-state index is 4.44. The van der Waals surface area contributed by atoms with E-state index in [1.807, 2.05) is 20.1 Å². The van der Waals surface area contributed by atoms with Gasteiger partial charge in [0.25, 0.3) is 0 Å². The molecular weight excluding hydrogens is 242 g/mol. The Morgan fingerprint density at radius 3 is 2.70 bits per heavy atom. The van der Waals surface area contributed by atoms with Crippen molar-refractivity contribution in [3.63, 3.8) is 0 Å². The zero-order valence-corrected chi connectivity index (χ0v) is 13.9. The maximum Gasteiger partial charge on any atom is 0.0400 e. The number of aliphatic imine (C=N–C) groups is 1. The fourth-order valence-electron chi connectivity index (χ4n) is 2.96. The van der Waals surface area contributed by atoms with Gasteiger partial charge in [-0.3, -0.25) is 4.99 Å². The van der Waals surface area contributed by atoms with Crippen molar-refractivity contribution < 1.29 is 0 Å². The van der Waals surface area contributed by atoms with Gasteiger partial charge >= 0.3 is 0 Å². The van der Waals surface area contributed by atoms with E-state index in [-0.39, 0.29) is 0 Å². The summed E-state index contributed by atoms with van der Waals surface area (Å²) in [5.74, 6) is 2.48. The molecule has 1 nitrogen and oxygen atoms in total. The third kappa shape index (κ3) is 5.64. The lowest BCUT2D eigenvalue weighted by Crippen LogP contribution is -1.96. The van der Waals surface area contributed by atoms with Gasteiger partial charge in [-0.1, -0.05) is 65.2 Å². The van der Waals surface area contributed by atoms with Crippen LogP contribution in [-0.2, 0) is 0 Å². The third-order valence-corrected chi connectivity index (χ3v) is 4.29. The SMILES string of the molecule is CC.CCCC(CC)CC/C=C/C1CC1C1=CCC=N1. The minimum atomic E-state index is 0.748. The van der Waals surface area contributed by atoms with Gasteiger partial charge < -0.3 is 0 Å². The highest BCUT2D eigenvalue weighted by molar-refractivity contribution is 5.65. The van der Waals surface area contributed by atoms with Crippen molar-refractivity contribution in [1.29, 1.82) is 0 Å². The van der Waals surface area contributed by atoms with E-state index in [0.29, 0.717) is 0 Å². The number of nitrogens with zero attached hydrogens (tertiary/aromatic N) is 1. The molecule has 0 radical (unpaired) electrons. The molecule has 1 heteroatoms. The van der Waals surface area contributed by atoms with E-state index in [1.165, 1.54) is 44.2 Å². The van der Waals surface area contributed by atoms with Gasteiger partial charge in [-0.15, -0.1) is 0 Å². The lowest BCUT2D eigenvalue weighted by Gasteiger charge is -2.11. The predicted octanol–water partition coefficient (Wildman–Crippen LogP) is 6.17. The molecule has 0 N–H and O–H groups in total. The van der Waals surface area contributed by atoms with Gasteiger partial charge in [0.2, 0.25) is 0 Å². The molecule has 1 aliphatic heterocycles. The van der Waals surface area contributed by atoms with Crippen LogP contribution < -0.4 is 0 Å². The van der Waals surface area contributed by atoms with Crippen LogP contribution in [0.3, 0.4) is 0 Å². The lowest BCUT2D eigenvalue weighted by atomic mass is 9.95. The quantitative estimate of drug-likeness (QED) is 0.470. The van der Waals surface area contributed by atoms with Crippen molar-refractivity contribution in [3.05, 3.63) is 23.9 Å². The number of allylic oxidation sites excluding steroid dienone is 4. The van der Waals surface area contributed by atoms with Gasteiger partial charge in [0.1, 0.15) is 0 Å². The summed E-state index contributed by atoms with van der Waals surface area (Å²) in [6.45, 7) is 8.62. The van der Waals surface area contributed by atoms with Crippen LogP contribution in [-0.4, -0.2) is 6.21 Å². The second-order valence-electron chi connectivity index (χ2n) is 5.75. The maximum atomic E-state index is 4.44. The van der Waals surface area contributed by atoms with E-state index in [1.54, 1.807) is 0 Å². The van der Waals surface area contributed by atoms with Gasteiger partial charge in [-0.2, -0.15) is 0 Å². The van der Waals surface area contributed by atoms with Crippen molar-refractivity contribution >= 4 is 6.21 Å². The first-order chi connectivity index (χ1) is 9.85. The predicted molar refractivity (Wildman–Crippen MR) is 91.2 cm³/mol. The first-order valence-electron chi connectivity index (χ1n) is 8.74. The van der Waals surface area contributed by atoms with Crippen LogP contribution in [0.5, 0.6) is 0 Å². The molecule has 0 spiro atoms. The highest BCUT2D eigenvalue weighted by Crippen LogP contribution is 2.46. The summed E-state index contributed by atoms with van der Waals surface area (Å²) in [7, 11) is 0. The molecule has 2 rings (SSSR count). The molecule has 3 atom stereocenters. The second kappa shape index (κ2) is 9.96. The number of hydrogen-bond acceptors (Lipinski definition) is 1. The van der Waals surface area contributed by atoms with Gasteiger partial charge in [0.05, 0.1) is 0 Å². The zero-order chi connectivity index (χ0) is 14.8. The Morgan fingerprint density at radius 2 is 2.10 bits per heavy atom. The van der Waals surface area contributed by atoms with E-state index in [4.69, 9.17) is 0 Å². The van der Waals surface area contributed by atoms with Gasteiger partial charge in [0.15, 0.2) is 0 Å². The Morgan fingerprint density at radius 1 is 1.30 bits per heavy atom. The summed E-state index contributed by atoms with van der Waals surface area (Å²) in [5, 5.41) is 0. The summed E-state index contributed by atoms with van der Waals surface area (Å²) in [6, 6.07) is 0. The Bertz CT molecular complexity index is 338. The second-order valence-corrected chi connectivity index (χ2v) is 5.75. The minimum Gasteiger partial charge on any atom is -0.265 e. The first-order valence-corrected chi connectivity index (χ1v) is 8.74. The molecule has 3 unspecified atom stereocenters. The monoisotopic (exact) mass is 275 g/mol. The van der Waals surface area contributed by atoms with Crippen LogP contribution in [0.25, 0.3) is 0 Å². The molecule has 0 aromatic heterocycles. The minimum absolute atomic E-state index is 0.748. The van der Waals surface area contributed by atoms with Crippen LogP contribution in [0, 0.1) is 17.8 Å². The largest absolute Gasteiger partial charge is 0.265 e. The summed E-state index contributed by atoms with van der Waals surface area (Å²) in [4.78, 5) is 4.44. The Labute approximate surface area is 126 Å². The average molecular weight is 275 g/mol. The molecule has 20 heavy (non-hydrogen) atoms. The van der Waals surface area contributed by atoms with Crippen LogP contribution in [0.4, 0.5) is 0 Å². The smallest absolute Gasteiger partial charge is 0.0400 e. The standard InChI is InChI=1S/C17H27N.C2H6/c1-3-8-14(4-2)9-5-6-10-15-13-16(15)17-11-7-12-18-17;1-2/h6,10-12,14-16H,3-5,7-9,13H2,1-2H3;1-2H3/b10-6+;. The first kappa shape index (κ1) is 17.2. The topological polar surface area (TPSA) is 12.4 Å². The summed E-state index contributed by atoms with van der Waals surface area (Å²) >= 11 is 0. The Kier molecular flexibility index (Phi) is 8.57. The van der Waals surface area contributed by atoms with Crippen molar-refractivity contribution in [2.45, 2.75) is 72.6 Å². The summed E-state index contributed by atoms with van der Waals surface area (Å²) in [5.41, 5.74) is 1.35. The summed E-state index contributed by atoms with van der Waals surface area (Å²) < 4.78 is 0. The molecule has 0 aromatic rings. The van der Waals surface area contributed by atoms with E-state index in [2.05, 4.69) is 37.1 Å². The molecule has 1 aliphatic carbocycles. The average Bonchev–Trinajstić information content (AvgIpc) is 3.05. The third-order valence-electron chi connectivity index (χ3n) is 4.29. The number of rotatable bonds is 8. The van der Waals surface area contributed by atoms with Gasteiger partial charge in [-0.05, 0) is 31.1 Å². The Balaban J connectivity index is 0.000000956. The molecular formula is C19H33N. The Hall–Kier alpha value is -0.850. The van der Waals surface area contributed by atoms with E-state index >= 15 is 0 Å². The highest BCUT2D eigenvalue weighted by atomic mass is 14.8. The zero-order valence-electron chi connectivity index (χ0n) is 13.9. The molecule has 0 amide bonds. The fourth-order valence-corrected chi connectivity index (χ4v) is 2.96.